The Labute approximate surface area is 40.2 Å². The summed E-state index contributed by atoms with van der Waals surface area (Å²) in [4.78, 5) is 14.3. The second-order valence-corrected chi connectivity index (χ2v) is 1.30. The van der Waals surface area contributed by atoms with E-state index in [2.05, 4.69) is 4.84 Å². The predicted octanol–water partition coefficient (Wildman–Crippen LogP) is -0.700. The molecular weight excluding hydrogens is 98.0 g/mol. The van der Waals surface area contributed by atoms with Crippen molar-refractivity contribution in [2.45, 2.75) is 0 Å². The van der Waals surface area contributed by atoms with Crippen molar-refractivity contribution in [1.82, 2.24) is 5.23 Å². The van der Waals surface area contributed by atoms with Crippen molar-refractivity contribution in [2.24, 2.45) is 0 Å². The second kappa shape index (κ2) is 1.57. The van der Waals surface area contributed by atoms with Gasteiger partial charge in [-0.2, -0.15) is 0 Å². The average molecular weight is 102 g/mol. The van der Waals surface area contributed by atoms with E-state index in [1.54, 1.807) is 0 Å². The third kappa shape index (κ3) is 0.957. The van der Waals surface area contributed by atoms with E-state index in [9.17, 15) is 10.0 Å². The van der Waals surface area contributed by atoms with Gasteiger partial charge in [-0.1, -0.05) is 0 Å². The lowest BCUT2D eigenvalue weighted by atomic mass is 10.5. The molecule has 1 heterocycles. The first-order chi connectivity index (χ1) is 3.29. The standard InChI is InChI=1S/C3H4NO3/c5-3-1-4(6)7-2-3/h1-2H2/q-1. The van der Waals surface area contributed by atoms with Crippen LogP contribution in [0.2, 0.25) is 0 Å². The number of carbonyl (C=O) groups excluding carboxylic acids is 1. The molecule has 1 aliphatic heterocycles. The molecule has 0 bridgehead atoms. The number of carbonyl (C=O) groups is 1. The van der Waals surface area contributed by atoms with E-state index in [4.69, 9.17) is 0 Å². The molecule has 1 saturated heterocycles. The quantitative estimate of drug-likeness (QED) is 0.406. The number of ketones is 1. The summed E-state index contributed by atoms with van der Waals surface area (Å²) in [6.07, 6.45) is 0. The van der Waals surface area contributed by atoms with E-state index in [-0.39, 0.29) is 24.2 Å². The lowest BCUT2D eigenvalue weighted by molar-refractivity contribution is -0.117. The molecule has 0 atom stereocenters. The van der Waals surface area contributed by atoms with Crippen LogP contribution in [0.25, 0.3) is 0 Å². The zero-order valence-corrected chi connectivity index (χ0v) is 3.59. The van der Waals surface area contributed by atoms with Crippen LogP contribution in [0.5, 0.6) is 0 Å². The highest BCUT2D eigenvalue weighted by Crippen LogP contribution is 1.95. The topological polar surface area (TPSA) is 52.6 Å². The highest BCUT2D eigenvalue weighted by molar-refractivity contribution is 5.82. The maximum atomic E-state index is 10.1. The van der Waals surface area contributed by atoms with E-state index in [0.29, 0.717) is 0 Å². The average Bonchev–Trinajstić information content (AvgIpc) is 1.87. The maximum absolute atomic E-state index is 10.1. The van der Waals surface area contributed by atoms with Crippen molar-refractivity contribution >= 4 is 5.78 Å². The van der Waals surface area contributed by atoms with Crippen LogP contribution < -0.4 is 0 Å². The molecule has 4 nitrogen and oxygen atoms in total. The van der Waals surface area contributed by atoms with Gasteiger partial charge in [0.05, 0.1) is 6.54 Å². The molecule has 0 aromatic carbocycles. The fourth-order valence-corrected chi connectivity index (χ4v) is 0.379. The van der Waals surface area contributed by atoms with Gasteiger partial charge in [0.1, 0.15) is 6.61 Å². The van der Waals surface area contributed by atoms with Gasteiger partial charge in [-0.3, -0.25) is 10.0 Å². The summed E-state index contributed by atoms with van der Waals surface area (Å²) in [6.45, 7) is -0.163. The van der Waals surface area contributed by atoms with Gasteiger partial charge in [0.2, 0.25) is 0 Å². The summed E-state index contributed by atoms with van der Waals surface area (Å²) in [7, 11) is 0. The van der Waals surface area contributed by atoms with Gasteiger partial charge >= 0.3 is 0 Å². The van der Waals surface area contributed by atoms with Gasteiger partial charge in [0.15, 0.2) is 5.78 Å². The minimum absolute atomic E-state index is 0.0521. The van der Waals surface area contributed by atoms with Crippen LogP contribution in [-0.4, -0.2) is 24.2 Å². The molecule has 4 heteroatoms. The molecule has 0 unspecified atom stereocenters. The van der Waals surface area contributed by atoms with E-state index in [1.807, 2.05) is 0 Å². The highest BCUT2D eigenvalue weighted by atomic mass is 16.9. The van der Waals surface area contributed by atoms with E-state index in [0.717, 1.165) is 0 Å². The van der Waals surface area contributed by atoms with E-state index >= 15 is 0 Å². The maximum Gasteiger partial charge on any atom is 0.175 e. The summed E-state index contributed by atoms with van der Waals surface area (Å²) >= 11 is 0. The Balaban J connectivity index is 2.40. The van der Waals surface area contributed by atoms with Crippen molar-refractivity contribution in [2.75, 3.05) is 13.2 Å². The van der Waals surface area contributed by atoms with Crippen molar-refractivity contribution in [3.63, 3.8) is 0 Å². The van der Waals surface area contributed by atoms with Crippen molar-refractivity contribution in [3.05, 3.63) is 5.21 Å². The van der Waals surface area contributed by atoms with Crippen LogP contribution in [0.15, 0.2) is 0 Å². The first-order valence-corrected chi connectivity index (χ1v) is 1.88. The molecule has 0 aliphatic carbocycles. The minimum atomic E-state index is -0.157. The van der Waals surface area contributed by atoms with Gasteiger partial charge in [0, 0.05) is 0 Å². The highest BCUT2D eigenvalue weighted by Gasteiger charge is 2.10. The molecule has 0 radical (unpaired) electrons. The minimum Gasteiger partial charge on any atom is -0.762 e. The molecule has 1 aliphatic rings. The third-order valence-electron chi connectivity index (χ3n) is 0.675. The summed E-state index contributed by atoms with van der Waals surface area (Å²) in [5.74, 6) is -0.157. The molecule has 7 heavy (non-hydrogen) atoms. The Kier molecular flexibility index (Phi) is 1.06. The smallest absolute Gasteiger partial charge is 0.175 e. The fourth-order valence-electron chi connectivity index (χ4n) is 0.379. The number of nitrogens with zero attached hydrogens (tertiary/aromatic N) is 1. The Morgan fingerprint density at radius 1 is 1.86 bits per heavy atom. The SMILES string of the molecule is O=C1CON([O-])C1. The Bertz CT molecular complexity index is 92.2. The van der Waals surface area contributed by atoms with Crippen LogP contribution in [0.4, 0.5) is 0 Å². The number of rotatable bonds is 0. The molecule has 0 aromatic heterocycles. The number of hydrogen-bond acceptors (Lipinski definition) is 4. The summed E-state index contributed by atoms with van der Waals surface area (Å²) in [5.41, 5.74) is 0. The Morgan fingerprint density at radius 2 is 2.57 bits per heavy atom. The number of hydroxylamine groups is 2. The molecule has 0 aromatic rings. The molecule has 0 saturated carbocycles. The fraction of sp³-hybridized carbons (Fsp3) is 0.667. The Hall–Kier alpha value is -0.450. The normalized spacial score (nSPS) is 23.9. The first kappa shape index (κ1) is 4.70. The number of Topliss-reactive ketones (excluding diaryl/α,β-unsaturated/α-hetero) is 1. The molecule has 0 N–H and O–H groups in total. The Morgan fingerprint density at radius 3 is 2.71 bits per heavy atom. The van der Waals surface area contributed by atoms with E-state index < -0.39 is 0 Å². The summed E-state index contributed by atoms with van der Waals surface area (Å²) in [6, 6.07) is 0. The largest absolute Gasteiger partial charge is 0.762 e. The van der Waals surface area contributed by atoms with Crippen LogP contribution in [0, 0.1) is 5.21 Å². The number of hydrogen-bond donors (Lipinski definition) is 0. The predicted molar refractivity (Wildman–Crippen MR) is 21.0 cm³/mol. The first-order valence-electron chi connectivity index (χ1n) is 1.88. The zero-order chi connectivity index (χ0) is 5.28. The molecule has 1 rings (SSSR count). The molecule has 0 amide bonds. The zero-order valence-electron chi connectivity index (χ0n) is 3.59. The van der Waals surface area contributed by atoms with Gasteiger partial charge in [0.25, 0.3) is 0 Å². The molecule has 40 valence electrons. The summed E-state index contributed by atoms with van der Waals surface area (Å²) < 4.78 is 0. The molecule has 0 spiro atoms. The monoisotopic (exact) mass is 102 g/mol. The van der Waals surface area contributed by atoms with Crippen LogP contribution in [0.3, 0.4) is 0 Å². The van der Waals surface area contributed by atoms with Gasteiger partial charge in [-0.15, -0.1) is 0 Å². The van der Waals surface area contributed by atoms with Gasteiger partial charge in [-0.05, 0) is 0 Å². The summed E-state index contributed by atoms with van der Waals surface area (Å²) in [5, 5.41) is 10.2. The molecular formula is C3H4NO3-. The van der Waals surface area contributed by atoms with Crippen molar-refractivity contribution < 1.29 is 9.63 Å². The van der Waals surface area contributed by atoms with E-state index in [1.165, 1.54) is 0 Å². The molecule has 1 fully saturated rings. The van der Waals surface area contributed by atoms with Crippen LogP contribution in [-0.2, 0) is 9.63 Å². The third-order valence-corrected chi connectivity index (χ3v) is 0.675. The lowest BCUT2D eigenvalue weighted by Crippen LogP contribution is -2.09. The van der Waals surface area contributed by atoms with Gasteiger partial charge in [-0.25, -0.2) is 0 Å². The van der Waals surface area contributed by atoms with Crippen molar-refractivity contribution in [3.8, 4) is 0 Å². The van der Waals surface area contributed by atoms with Crippen molar-refractivity contribution in [1.29, 1.82) is 0 Å². The lowest BCUT2D eigenvalue weighted by Gasteiger charge is -2.15. The van der Waals surface area contributed by atoms with Gasteiger partial charge < -0.3 is 10.0 Å². The second-order valence-electron chi connectivity index (χ2n) is 1.30. The van der Waals surface area contributed by atoms with Crippen LogP contribution >= 0.6 is 0 Å². The van der Waals surface area contributed by atoms with Crippen LogP contribution in [0.1, 0.15) is 0 Å².